The zero-order valence-corrected chi connectivity index (χ0v) is 13.0. The van der Waals surface area contributed by atoms with Gasteiger partial charge >= 0.3 is 6.03 Å². The number of carbonyl (C=O) groups is 3. The molecule has 1 aliphatic heterocycles. The molecule has 0 saturated heterocycles. The van der Waals surface area contributed by atoms with Gasteiger partial charge in [-0.1, -0.05) is 0 Å². The number of nitrogens with zero attached hydrogens (tertiary/aromatic N) is 1. The third-order valence-electron chi connectivity index (χ3n) is 3.05. The van der Waals surface area contributed by atoms with Crippen LogP contribution in [0.5, 0.6) is 0 Å². The van der Waals surface area contributed by atoms with Crippen molar-refractivity contribution in [1.29, 1.82) is 0 Å². The lowest BCUT2D eigenvalue weighted by molar-refractivity contribution is -0.118. The monoisotopic (exact) mass is 323 g/mol. The fourth-order valence-corrected chi connectivity index (χ4v) is 2.63. The molecule has 8 nitrogen and oxygen atoms in total. The van der Waals surface area contributed by atoms with Gasteiger partial charge in [0.25, 0.3) is 5.91 Å². The first-order valence-corrected chi connectivity index (χ1v) is 7.61. The van der Waals surface area contributed by atoms with Gasteiger partial charge in [-0.2, -0.15) is 0 Å². The van der Waals surface area contributed by atoms with Gasteiger partial charge < -0.3 is 21.3 Å². The first-order chi connectivity index (χ1) is 10.5. The van der Waals surface area contributed by atoms with Crippen LogP contribution in [0.4, 0.5) is 9.93 Å². The molecule has 0 spiro atoms. The molecular weight excluding hydrogens is 306 g/mol. The van der Waals surface area contributed by atoms with Gasteiger partial charge in [-0.15, -0.1) is 11.3 Å². The van der Waals surface area contributed by atoms with Crippen LogP contribution in [0.15, 0.2) is 22.8 Å². The van der Waals surface area contributed by atoms with Crippen LogP contribution in [0.3, 0.4) is 0 Å². The van der Waals surface area contributed by atoms with E-state index in [0.29, 0.717) is 16.4 Å². The van der Waals surface area contributed by atoms with Crippen molar-refractivity contribution in [2.75, 3.05) is 11.9 Å². The molecule has 2 heterocycles. The summed E-state index contributed by atoms with van der Waals surface area (Å²) in [6.45, 7) is 3.60. The molecule has 0 fully saturated rings. The third kappa shape index (κ3) is 4.04. The molecule has 1 aliphatic rings. The summed E-state index contributed by atoms with van der Waals surface area (Å²) < 4.78 is 0. The van der Waals surface area contributed by atoms with Crippen LogP contribution >= 0.6 is 11.3 Å². The maximum absolute atomic E-state index is 12.1. The molecule has 0 unspecified atom stereocenters. The Bertz CT molecular complexity index is 611. The molecule has 4 N–H and O–H groups in total. The lowest BCUT2D eigenvalue weighted by Gasteiger charge is -2.25. The van der Waals surface area contributed by atoms with Gasteiger partial charge in [0.2, 0.25) is 5.91 Å². The van der Waals surface area contributed by atoms with Gasteiger partial charge in [0.15, 0.2) is 5.13 Å². The van der Waals surface area contributed by atoms with Crippen molar-refractivity contribution in [3.63, 3.8) is 0 Å². The van der Waals surface area contributed by atoms with Crippen LogP contribution in [0, 0.1) is 0 Å². The summed E-state index contributed by atoms with van der Waals surface area (Å²) in [5.41, 5.74) is 0.973. The summed E-state index contributed by atoms with van der Waals surface area (Å²) in [6, 6.07) is -0.706. The summed E-state index contributed by atoms with van der Waals surface area (Å²) in [6.07, 6.45) is 1.74. The molecule has 118 valence electrons. The average Bonchev–Trinajstić information content (AvgIpc) is 2.90. The molecule has 2 rings (SSSR count). The first-order valence-electron chi connectivity index (χ1n) is 6.73. The topological polar surface area (TPSA) is 112 Å². The van der Waals surface area contributed by atoms with Gasteiger partial charge in [0.1, 0.15) is 0 Å². The van der Waals surface area contributed by atoms with Gasteiger partial charge in [-0.25, -0.2) is 9.78 Å². The van der Waals surface area contributed by atoms with Crippen LogP contribution in [0.25, 0.3) is 0 Å². The molecule has 9 heteroatoms. The molecule has 1 aromatic heterocycles. The number of nitrogens with one attached hydrogen (secondary N) is 4. The fourth-order valence-electron chi connectivity index (χ4n) is 2.09. The highest BCUT2D eigenvalue weighted by Gasteiger charge is 2.26. The van der Waals surface area contributed by atoms with E-state index >= 15 is 0 Å². The molecule has 0 radical (unpaired) electrons. The van der Waals surface area contributed by atoms with Crippen molar-refractivity contribution in [1.82, 2.24) is 20.9 Å². The van der Waals surface area contributed by atoms with E-state index in [9.17, 15) is 14.4 Å². The zero-order valence-electron chi connectivity index (χ0n) is 12.2. The standard InChI is InChI=1S/C13H17N5O3S/c1-7-10(8(2)17-12(21)16-7)11(20)14-4-3-9(19)18-13-15-5-6-22-13/h5-7H,3-4H2,1-2H3,(H,14,20)(H,15,18,19)(H2,16,17,21)/t7-/m0/s1. The number of aromatic nitrogens is 1. The number of amides is 4. The number of carbonyl (C=O) groups excluding carboxylic acids is 3. The Morgan fingerprint density at radius 2 is 2.23 bits per heavy atom. The van der Waals surface area contributed by atoms with Gasteiger partial charge in [-0.05, 0) is 13.8 Å². The van der Waals surface area contributed by atoms with E-state index < -0.39 is 0 Å². The van der Waals surface area contributed by atoms with Crippen molar-refractivity contribution < 1.29 is 14.4 Å². The van der Waals surface area contributed by atoms with E-state index in [1.807, 2.05) is 0 Å². The number of hydrogen-bond donors (Lipinski definition) is 4. The van der Waals surface area contributed by atoms with E-state index in [1.54, 1.807) is 25.4 Å². The number of thiazole rings is 1. The number of hydrogen-bond acceptors (Lipinski definition) is 5. The second kappa shape index (κ2) is 7.03. The van der Waals surface area contributed by atoms with Crippen LogP contribution in [-0.2, 0) is 9.59 Å². The molecule has 4 amide bonds. The van der Waals surface area contributed by atoms with E-state index in [1.165, 1.54) is 11.3 Å². The summed E-state index contributed by atoms with van der Waals surface area (Å²) >= 11 is 1.33. The SMILES string of the molecule is CC1=C(C(=O)NCCC(=O)Nc2nccs2)[C@H](C)NC(=O)N1. The van der Waals surface area contributed by atoms with Crippen LogP contribution < -0.4 is 21.3 Å². The Labute approximate surface area is 131 Å². The van der Waals surface area contributed by atoms with E-state index in [0.717, 1.165) is 0 Å². The Kier molecular flexibility index (Phi) is 5.10. The Morgan fingerprint density at radius 1 is 1.45 bits per heavy atom. The highest BCUT2D eigenvalue weighted by Crippen LogP contribution is 2.12. The number of urea groups is 1. The smallest absolute Gasteiger partial charge is 0.319 e. The number of anilines is 1. The van der Waals surface area contributed by atoms with Crippen molar-refractivity contribution in [2.45, 2.75) is 26.3 Å². The van der Waals surface area contributed by atoms with E-state index in [-0.39, 0.29) is 36.9 Å². The predicted molar refractivity (Wildman–Crippen MR) is 82.2 cm³/mol. The van der Waals surface area contributed by atoms with Crippen LogP contribution in [0.1, 0.15) is 20.3 Å². The predicted octanol–water partition coefficient (Wildman–Crippen LogP) is 0.563. The van der Waals surface area contributed by atoms with Crippen molar-refractivity contribution in [2.24, 2.45) is 0 Å². The van der Waals surface area contributed by atoms with Crippen LogP contribution in [0.2, 0.25) is 0 Å². The molecule has 0 saturated carbocycles. The van der Waals surface area contributed by atoms with Crippen molar-refractivity contribution >= 4 is 34.3 Å². The molecular formula is C13H17N5O3S. The molecule has 22 heavy (non-hydrogen) atoms. The highest BCUT2D eigenvalue weighted by molar-refractivity contribution is 7.13. The fraction of sp³-hybridized carbons (Fsp3) is 0.385. The lowest BCUT2D eigenvalue weighted by atomic mass is 10.0. The normalized spacial score (nSPS) is 17.5. The molecule has 0 bridgehead atoms. The maximum Gasteiger partial charge on any atom is 0.319 e. The first kappa shape index (κ1) is 16.0. The van der Waals surface area contributed by atoms with Crippen molar-refractivity contribution in [3.8, 4) is 0 Å². The average molecular weight is 323 g/mol. The lowest BCUT2D eigenvalue weighted by Crippen LogP contribution is -2.50. The van der Waals surface area contributed by atoms with Gasteiger partial charge in [-0.3, -0.25) is 9.59 Å². The molecule has 0 aliphatic carbocycles. The number of rotatable bonds is 5. The minimum Gasteiger partial charge on any atom is -0.352 e. The van der Waals surface area contributed by atoms with Crippen LogP contribution in [-0.4, -0.2) is 35.4 Å². The highest BCUT2D eigenvalue weighted by atomic mass is 32.1. The largest absolute Gasteiger partial charge is 0.352 e. The summed E-state index contributed by atoms with van der Waals surface area (Å²) in [5.74, 6) is -0.524. The Hall–Kier alpha value is -2.42. The third-order valence-corrected chi connectivity index (χ3v) is 3.74. The zero-order chi connectivity index (χ0) is 16.1. The maximum atomic E-state index is 12.1. The van der Waals surface area contributed by atoms with E-state index in [2.05, 4.69) is 26.3 Å². The summed E-state index contributed by atoms with van der Waals surface area (Å²) in [5, 5.41) is 12.8. The van der Waals surface area contributed by atoms with E-state index in [4.69, 9.17) is 0 Å². The Balaban J connectivity index is 1.81. The van der Waals surface area contributed by atoms with Crippen molar-refractivity contribution in [3.05, 3.63) is 22.8 Å². The minimum atomic E-state index is -0.377. The quantitative estimate of drug-likeness (QED) is 0.634. The minimum absolute atomic E-state index is 0.145. The molecule has 0 aromatic carbocycles. The van der Waals surface area contributed by atoms with Gasteiger partial charge in [0, 0.05) is 30.2 Å². The summed E-state index contributed by atoms with van der Waals surface area (Å²) in [4.78, 5) is 39.0. The molecule has 1 atom stereocenters. The second-order valence-corrected chi connectivity index (χ2v) is 5.64. The molecule has 1 aromatic rings. The van der Waals surface area contributed by atoms with Gasteiger partial charge in [0.05, 0.1) is 11.6 Å². The Morgan fingerprint density at radius 3 is 2.86 bits per heavy atom. The second-order valence-electron chi connectivity index (χ2n) is 4.75. The summed E-state index contributed by atoms with van der Waals surface area (Å²) in [7, 11) is 0. The number of allylic oxidation sites excluding steroid dienone is 1.